The van der Waals surface area contributed by atoms with E-state index >= 15 is 0 Å². The zero-order valence-corrected chi connectivity index (χ0v) is 13.8. The first-order valence-electron chi connectivity index (χ1n) is 8.68. The third-order valence-corrected chi connectivity index (χ3v) is 7.31. The molecule has 3 heteroatoms. The lowest BCUT2D eigenvalue weighted by molar-refractivity contribution is -0.131. The molecule has 0 amide bonds. The first kappa shape index (κ1) is 15.0. The normalized spacial score (nSPS) is 47.2. The predicted octanol–water partition coefficient (Wildman–Crippen LogP) is 4.33. The predicted molar refractivity (Wildman–Crippen MR) is 86.2 cm³/mol. The van der Waals surface area contributed by atoms with Gasteiger partial charge in [-0.1, -0.05) is 19.9 Å². The molecule has 0 aliphatic heterocycles. The summed E-state index contributed by atoms with van der Waals surface area (Å²) in [6.45, 7) is 4.26. The maximum atomic E-state index is 13.6. The second-order valence-electron chi connectivity index (χ2n) is 8.21. The van der Waals surface area contributed by atoms with Crippen LogP contribution in [0.15, 0.2) is 35.7 Å². The summed E-state index contributed by atoms with van der Waals surface area (Å²) in [4.78, 5) is 24.2. The van der Waals surface area contributed by atoms with Crippen molar-refractivity contribution in [2.24, 2.45) is 28.6 Å². The quantitative estimate of drug-likeness (QED) is 0.667. The Balaban J connectivity index is 1.80. The molecule has 0 N–H and O–H groups in total. The molecule has 0 unspecified atom stereocenters. The van der Waals surface area contributed by atoms with E-state index in [2.05, 4.69) is 13.8 Å². The zero-order valence-electron chi connectivity index (χ0n) is 13.8. The van der Waals surface area contributed by atoms with Crippen molar-refractivity contribution in [3.8, 4) is 0 Å². The number of fused-ring (bicyclic) bond motifs is 5. The molecule has 4 rings (SSSR count). The molecule has 23 heavy (non-hydrogen) atoms. The Labute approximate surface area is 136 Å². The van der Waals surface area contributed by atoms with Crippen molar-refractivity contribution in [1.82, 2.24) is 0 Å². The van der Waals surface area contributed by atoms with E-state index in [0.717, 1.165) is 24.8 Å². The average Bonchev–Trinajstić information content (AvgIpc) is 2.83. The lowest BCUT2D eigenvalue weighted by atomic mass is 9.48. The molecular weight excluding hydrogens is 291 g/mol. The maximum absolute atomic E-state index is 13.6. The SMILES string of the molecule is C[C@]12C=CC(=O)C=C1C(=CF)C[C@@H]1[C@@H]2CC[C@]2(C)C(=O)CC[C@@H]12. The first-order valence-corrected chi connectivity index (χ1v) is 8.68. The molecule has 2 nitrogen and oxygen atoms in total. The fourth-order valence-corrected chi connectivity index (χ4v) is 6.01. The minimum atomic E-state index is -0.276. The van der Waals surface area contributed by atoms with E-state index in [-0.39, 0.29) is 16.6 Å². The van der Waals surface area contributed by atoms with Gasteiger partial charge in [0.25, 0.3) is 0 Å². The Bertz CT molecular complexity index is 686. The number of carbonyl (C=O) groups is 2. The van der Waals surface area contributed by atoms with Gasteiger partial charge in [0.05, 0.1) is 6.33 Å². The molecule has 0 spiro atoms. The Kier molecular flexibility index (Phi) is 3.11. The van der Waals surface area contributed by atoms with E-state index in [4.69, 9.17) is 0 Å². The molecular formula is C20H23FO2. The molecule has 0 bridgehead atoms. The van der Waals surface area contributed by atoms with Crippen molar-refractivity contribution in [1.29, 1.82) is 0 Å². The van der Waals surface area contributed by atoms with Crippen LogP contribution in [0.25, 0.3) is 0 Å². The van der Waals surface area contributed by atoms with E-state index in [9.17, 15) is 14.0 Å². The zero-order chi connectivity index (χ0) is 16.4. The van der Waals surface area contributed by atoms with Gasteiger partial charge in [0, 0.05) is 17.3 Å². The largest absolute Gasteiger partial charge is 0.299 e. The molecule has 0 heterocycles. The Morgan fingerprint density at radius 1 is 1.22 bits per heavy atom. The second-order valence-corrected chi connectivity index (χ2v) is 8.21. The third kappa shape index (κ3) is 1.85. The second kappa shape index (κ2) is 4.75. The van der Waals surface area contributed by atoms with Crippen LogP contribution in [0.2, 0.25) is 0 Å². The van der Waals surface area contributed by atoms with Gasteiger partial charge in [-0.05, 0) is 66.7 Å². The van der Waals surface area contributed by atoms with Gasteiger partial charge in [0.2, 0.25) is 0 Å². The summed E-state index contributed by atoms with van der Waals surface area (Å²) in [5.41, 5.74) is 1.03. The van der Waals surface area contributed by atoms with E-state index < -0.39 is 0 Å². The highest BCUT2D eigenvalue weighted by Gasteiger charge is 2.59. The summed E-state index contributed by atoms with van der Waals surface area (Å²) >= 11 is 0. The molecule has 0 aromatic heterocycles. The molecule has 0 aromatic rings. The topological polar surface area (TPSA) is 34.1 Å². The summed E-state index contributed by atoms with van der Waals surface area (Å²) < 4.78 is 13.6. The Hall–Kier alpha value is -1.51. The van der Waals surface area contributed by atoms with Crippen molar-refractivity contribution in [3.63, 3.8) is 0 Å². The highest BCUT2D eigenvalue weighted by molar-refractivity contribution is 6.02. The van der Waals surface area contributed by atoms with Crippen LogP contribution in [-0.4, -0.2) is 11.6 Å². The van der Waals surface area contributed by atoms with Crippen molar-refractivity contribution in [2.75, 3.05) is 0 Å². The van der Waals surface area contributed by atoms with Gasteiger partial charge in [-0.15, -0.1) is 0 Å². The van der Waals surface area contributed by atoms with E-state index in [1.54, 1.807) is 12.2 Å². The molecule has 5 atom stereocenters. The lowest BCUT2D eigenvalue weighted by Crippen LogP contribution is -2.50. The summed E-state index contributed by atoms with van der Waals surface area (Å²) in [7, 11) is 0. The molecule has 4 aliphatic rings. The standard InChI is InChI=1S/C20H23FO2/c1-19-7-5-13(22)10-17(19)12(11-21)9-14-15-3-4-18(23)20(15,2)8-6-16(14)19/h5,7,10-11,14-16H,3-4,6,8-9H2,1-2H3/t14-,15-,16-,19+,20-/m0/s1. The van der Waals surface area contributed by atoms with Crippen LogP contribution in [0.5, 0.6) is 0 Å². The molecule has 0 aromatic carbocycles. The van der Waals surface area contributed by atoms with Crippen LogP contribution in [-0.2, 0) is 9.59 Å². The number of rotatable bonds is 0. The van der Waals surface area contributed by atoms with Crippen LogP contribution < -0.4 is 0 Å². The molecule has 0 radical (unpaired) electrons. The highest BCUT2D eigenvalue weighted by Crippen LogP contribution is 2.64. The minimum absolute atomic E-state index is 0.0491. The highest BCUT2D eigenvalue weighted by atomic mass is 19.1. The van der Waals surface area contributed by atoms with Gasteiger partial charge < -0.3 is 0 Å². The molecule has 4 aliphatic carbocycles. The molecule has 3 saturated carbocycles. The third-order valence-electron chi connectivity index (χ3n) is 7.31. The van der Waals surface area contributed by atoms with E-state index in [1.807, 2.05) is 6.08 Å². The number of allylic oxidation sites excluding steroid dienone is 5. The smallest absolute Gasteiger partial charge is 0.178 e. The van der Waals surface area contributed by atoms with E-state index in [0.29, 0.717) is 48.3 Å². The monoisotopic (exact) mass is 314 g/mol. The number of hydrogen-bond acceptors (Lipinski definition) is 2. The maximum Gasteiger partial charge on any atom is 0.178 e. The van der Waals surface area contributed by atoms with Crippen molar-refractivity contribution < 1.29 is 14.0 Å². The van der Waals surface area contributed by atoms with Gasteiger partial charge in [-0.3, -0.25) is 9.59 Å². The van der Waals surface area contributed by atoms with Gasteiger partial charge in [0.1, 0.15) is 5.78 Å². The van der Waals surface area contributed by atoms with Gasteiger partial charge in [-0.2, -0.15) is 0 Å². The van der Waals surface area contributed by atoms with Crippen LogP contribution in [0.3, 0.4) is 0 Å². The van der Waals surface area contributed by atoms with Crippen molar-refractivity contribution in [3.05, 3.63) is 35.7 Å². The summed E-state index contributed by atoms with van der Waals surface area (Å²) in [5.74, 6) is 1.43. The number of ketones is 2. The summed E-state index contributed by atoms with van der Waals surface area (Å²) in [6, 6.07) is 0. The molecule has 3 fully saturated rings. The van der Waals surface area contributed by atoms with Crippen molar-refractivity contribution >= 4 is 11.6 Å². The summed E-state index contributed by atoms with van der Waals surface area (Å²) in [6.07, 6.45) is 10.1. The van der Waals surface area contributed by atoms with Gasteiger partial charge >= 0.3 is 0 Å². The fourth-order valence-electron chi connectivity index (χ4n) is 6.01. The van der Waals surface area contributed by atoms with Gasteiger partial charge in [-0.25, -0.2) is 4.39 Å². The fraction of sp³-hybridized carbons (Fsp3) is 0.600. The minimum Gasteiger partial charge on any atom is -0.299 e. The van der Waals surface area contributed by atoms with Gasteiger partial charge in [0.15, 0.2) is 5.78 Å². The Morgan fingerprint density at radius 3 is 2.74 bits per heavy atom. The number of hydrogen-bond donors (Lipinski definition) is 0. The Morgan fingerprint density at radius 2 is 2.00 bits per heavy atom. The molecule has 122 valence electrons. The van der Waals surface area contributed by atoms with E-state index in [1.165, 1.54) is 0 Å². The molecule has 0 saturated heterocycles. The van der Waals surface area contributed by atoms with Crippen LogP contribution in [0.1, 0.15) is 46.0 Å². The number of halogens is 1. The van der Waals surface area contributed by atoms with Crippen molar-refractivity contribution in [2.45, 2.75) is 46.0 Å². The first-order chi connectivity index (χ1) is 10.9. The average molecular weight is 314 g/mol. The lowest BCUT2D eigenvalue weighted by Gasteiger charge is -2.56. The van der Waals surface area contributed by atoms with Crippen LogP contribution in [0.4, 0.5) is 4.39 Å². The van der Waals surface area contributed by atoms with Crippen LogP contribution in [0, 0.1) is 28.6 Å². The van der Waals surface area contributed by atoms with Crippen LogP contribution >= 0.6 is 0 Å². The summed E-state index contributed by atoms with van der Waals surface area (Å²) in [5, 5.41) is 0. The number of carbonyl (C=O) groups excluding carboxylic acids is 2. The number of Topliss-reactive ketones (excluding diaryl/α,β-unsaturated/α-hetero) is 1.